The van der Waals surface area contributed by atoms with Crippen LogP contribution in [0.1, 0.15) is 32.0 Å². The Labute approximate surface area is 216 Å². The van der Waals surface area contributed by atoms with E-state index in [0.717, 1.165) is 11.7 Å². The number of para-hydroxylation sites is 1. The number of anilines is 1. The number of esters is 2. The number of rotatable bonds is 8. The van der Waals surface area contributed by atoms with Gasteiger partial charge < -0.3 is 15.2 Å². The van der Waals surface area contributed by atoms with Gasteiger partial charge in [-0.1, -0.05) is 48.5 Å². The molecule has 38 heavy (non-hydrogen) atoms. The lowest BCUT2D eigenvalue weighted by Gasteiger charge is -2.16. The quantitative estimate of drug-likeness (QED) is 0.272. The van der Waals surface area contributed by atoms with Crippen molar-refractivity contribution in [3.05, 3.63) is 104 Å². The number of Topliss-reactive ketones (excluding diaryl/α,β-unsaturated/α-hetero) is 1. The van der Waals surface area contributed by atoms with Gasteiger partial charge in [-0.15, -0.1) is 0 Å². The molecule has 4 aromatic rings. The number of pyridine rings is 1. The van der Waals surface area contributed by atoms with Crippen molar-refractivity contribution in [2.75, 3.05) is 19.5 Å². The van der Waals surface area contributed by atoms with E-state index in [4.69, 9.17) is 10.5 Å². The third-order valence-electron chi connectivity index (χ3n) is 5.84. The maximum absolute atomic E-state index is 13.2. The largest absolute Gasteiger partial charge is 0.468 e. The number of carbonyl (C=O) groups excluding carboxylic acids is 3. The molecule has 2 aromatic heterocycles. The van der Waals surface area contributed by atoms with Crippen LogP contribution in [0.4, 0.5) is 5.82 Å². The standard InChI is InChI=1S/C27H24N4O7/c1-16-12-19(18-10-6-7-11-20(18)29-16)26(35)38-15-21(32)23-24(28)30(13-17-8-4-3-5-9-17)27(36)31(25(23)34)14-22(33)37-2/h3-12H,13-15,28H2,1-2H3. The van der Waals surface area contributed by atoms with Crippen molar-refractivity contribution >= 4 is 34.4 Å². The van der Waals surface area contributed by atoms with Crippen molar-refractivity contribution in [3.8, 4) is 0 Å². The van der Waals surface area contributed by atoms with Crippen LogP contribution in [0.25, 0.3) is 10.9 Å². The Bertz CT molecular complexity index is 1670. The molecular weight excluding hydrogens is 492 g/mol. The highest BCUT2D eigenvalue weighted by molar-refractivity contribution is 6.06. The lowest BCUT2D eigenvalue weighted by molar-refractivity contribution is -0.141. The summed E-state index contributed by atoms with van der Waals surface area (Å²) in [5.41, 5.74) is 5.59. The fraction of sp³-hybridized carbons (Fsp3) is 0.185. The van der Waals surface area contributed by atoms with Crippen molar-refractivity contribution in [1.82, 2.24) is 14.1 Å². The summed E-state index contributed by atoms with van der Waals surface area (Å²) < 4.78 is 11.4. The van der Waals surface area contributed by atoms with Crippen LogP contribution < -0.4 is 17.0 Å². The number of fused-ring (bicyclic) bond motifs is 1. The Kier molecular flexibility index (Phi) is 7.47. The van der Waals surface area contributed by atoms with E-state index in [-0.39, 0.29) is 12.1 Å². The van der Waals surface area contributed by atoms with E-state index in [9.17, 15) is 24.0 Å². The van der Waals surface area contributed by atoms with Gasteiger partial charge >= 0.3 is 17.6 Å². The molecule has 0 atom stereocenters. The Morgan fingerprint density at radius 3 is 2.37 bits per heavy atom. The summed E-state index contributed by atoms with van der Waals surface area (Å²) in [5.74, 6) is -3.01. The Morgan fingerprint density at radius 2 is 1.66 bits per heavy atom. The number of nitrogens with zero attached hydrogens (tertiary/aromatic N) is 3. The molecule has 0 spiro atoms. The van der Waals surface area contributed by atoms with Crippen molar-refractivity contribution in [3.63, 3.8) is 0 Å². The van der Waals surface area contributed by atoms with Gasteiger partial charge in [-0.05, 0) is 24.6 Å². The van der Waals surface area contributed by atoms with E-state index in [1.165, 1.54) is 6.07 Å². The van der Waals surface area contributed by atoms with Crippen molar-refractivity contribution in [2.24, 2.45) is 0 Å². The molecule has 0 saturated carbocycles. The van der Waals surface area contributed by atoms with E-state index < -0.39 is 53.5 Å². The number of nitrogens with two attached hydrogens (primary N) is 1. The molecule has 11 nitrogen and oxygen atoms in total. The Hall–Kier alpha value is -5.06. The molecule has 11 heteroatoms. The molecule has 0 saturated heterocycles. The number of hydrogen-bond donors (Lipinski definition) is 1. The SMILES string of the molecule is COC(=O)Cn1c(=O)c(C(=O)COC(=O)c2cc(C)nc3ccccc23)c(N)n(Cc2ccccc2)c1=O. The molecule has 4 rings (SSSR count). The highest BCUT2D eigenvalue weighted by Gasteiger charge is 2.25. The minimum Gasteiger partial charge on any atom is -0.468 e. The number of hydrogen-bond acceptors (Lipinski definition) is 9. The van der Waals surface area contributed by atoms with E-state index in [0.29, 0.717) is 26.7 Å². The molecule has 0 aliphatic heterocycles. The summed E-state index contributed by atoms with van der Waals surface area (Å²) in [5, 5.41) is 0.534. The molecule has 0 unspecified atom stereocenters. The van der Waals surface area contributed by atoms with Crippen LogP contribution in [0.2, 0.25) is 0 Å². The summed E-state index contributed by atoms with van der Waals surface area (Å²) in [6.45, 7) is 0.0887. The zero-order chi connectivity index (χ0) is 27.4. The molecule has 2 aromatic carbocycles. The number of aryl methyl sites for hydroxylation is 1. The van der Waals surface area contributed by atoms with Gasteiger partial charge in [0.2, 0.25) is 5.78 Å². The monoisotopic (exact) mass is 516 g/mol. The summed E-state index contributed by atoms with van der Waals surface area (Å²) in [6, 6.07) is 17.2. The second-order valence-corrected chi connectivity index (χ2v) is 8.41. The van der Waals surface area contributed by atoms with E-state index >= 15 is 0 Å². The maximum atomic E-state index is 13.2. The molecule has 0 amide bonds. The number of nitrogen functional groups attached to an aromatic ring is 1. The first-order chi connectivity index (χ1) is 18.2. The maximum Gasteiger partial charge on any atom is 0.339 e. The van der Waals surface area contributed by atoms with Crippen LogP contribution in [-0.4, -0.2) is 45.6 Å². The lowest BCUT2D eigenvalue weighted by Crippen LogP contribution is -2.46. The number of methoxy groups -OCH3 is 1. The van der Waals surface area contributed by atoms with Crippen molar-refractivity contribution in [2.45, 2.75) is 20.0 Å². The molecular formula is C27H24N4O7. The predicted octanol–water partition coefficient (Wildman–Crippen LogP) is 1.71. The average Bonchev–Trinajstić information content (AvgIpc) is 2.92. The molecule has 0 bridgehead atoms. The van der Waals surface area contributed by atoms with Crippen molar-refractivity contribution in [1.29, 1.82) is 0 Å². The first kappa shape index (κ1) is 26.0. The van der Waals surface area contributed by atoms with Gasteiger partial charge in [0.05, 0.1) is 24.7 Å². The highest BCUT2D eigenvalue weighted by Crippen LogP contribution is 2.19. The number of aromatic nitrogens is 3. The number of ether oxygens (including phenoxy) is 2. The van der Waals surface area contributed by atoms with Gasteiger partial charge in [0, 0.05) is 11.1 Å². The van der Waals surface area contributed by atoms with Gasteiger partial charge in [-0.3, -0.25) is 23.9 Å². The average molecular weight is 517 g/mol. The van der Waals surface area contributed by atoms with Crippen molar-refractivity contribution < 1.29 is 23.9 Å². The van der Waals surface area contributed by atoms with Crippen LogP contribution in [0, 0.1) is 6.92 Å². The summed E-state index contributed by atoms with van der Waals surface area (Å²) in [4.78, 5) is 68.6. The lowest BCUT2D eigenvalue weighted by atomic mass is 10.1. The zero-order valence-electron chi connectivity index (χ0n) is 20.7. The van der Waals surface area contributed by atoms with Crippen LogP contribution in [0.15, 0.2) is 70.3 Å². The number of benzene rings is 2. The van der Waals surface area contributed by atoms with Gasteiger partial charge in [0.25, 0.3) is 5.56 Å². The predicted molar refractivity (Wildman–Crippen MR) is 138 cm³/mol. The third kappa shape index (κ3) is 5.21. The van der Waals surface area contributed by atoms with Crippen LogP contribution in [-0.2, 0) is 27.4 Å². The molecule has 194 valence electrons. The minimum atomic E-state index is -1.09. The molecule has 0 radical (unpaired) electrons. The smallest absolute Gasteiger partial charge is 0.339 e. The Morgan fingerprint density at radius 1 is 0.974 bits per heavy atom. The summed E-state index contributed by atoms with van der Waals surface area (Å²) >= 11 is 0. The van der Waals surface area contributed by atoms with Gasteiger partial charge in [-0.25, -0.2) is 14.2 Å². The van der Waals surface area contributed by atoms with E-state index in [1.54, 1.807) is 61.5 Å². The van der Waals surface area contributed by atoms with E-state index in [2.05, 4.69) is 9.72 Å². The fourth-order valence-electron chi connectivity index (χ4n) is 3.99. The van der Waals surface area contributed by atoms with E-state index in [1.807, 2.05) is 0 Å². The van der Waals surface area contributed by atoms with Gasteiger partial charge in [0.15, 0.2) is 6.61 Å². The molecule has 0 fully saturated rings. The second-order valence-electron chi connectivity index (χ2n) is 8.41. The van der Waals surface area contributed by atoms with Crippen LogP contribution >= 0.6 is 0 Å². The fourth-order valence-corrected chi connectivity index (χ4v) is 3.99. The summed E-state index contributed by atoms with van der Waals surface area (Å²) in [7, 11) is 1.10. The highest BCUT2D eigenvalue weighted by atomic mass is 16.5. The van der Waals surface area contributed by atoms with Gasteiger partial charge in [0.1, 0.15) is 17.9 Å². The molecule has 0 aliphatic rings. The molecule has 2 N–H and O–H groups in total. The topological polar surface area (TPSA) is 153 Å². The number of carbonyl (C=O) groups is 3. The Balaban J connectivity index is 1.70. The zero-order valence-corrected chi connectivity index (χ0v) is 20.7. The molecule has 0 aliphatic carbocycles. The first-order valence-corrected chi connectivity index (χ1v) is 11.5. The third-order valence-corrected chi connectivity index (χ3v) is 5.84. The van der Waals surface area contributed by atoms with Crippen LogP contribution in [0.5, 0.6) is 0 Å². The molecule has 2 heterocycles. The first-order valence-electron chi connectivity index (χ1n) is 11.5. The van der Waals surface area contributed by atoms with Crippen LogP contribution in [0.3, 0.4) is 0 Å². The minimum absolute atomic E-state index is 0.0741. The normalized spacial score (nSPS) is 10.8. The summed E-state index contributed by atoms with van der Waals surface area (Å²) in [6.07, 6.45) is 0. The number of ketones is 1. The van der Waals surface area contributed by atoms with Gasteiger partial charge in [-0.2, -0.15) is 0 Å². The second kappa shape index (κ2) is 10.9.